The summed E-state index contributed by atoms with van der Waals surface area (Å²) in [6, 6.07) is 5.05. The molecule has 112 valence electrons. The SMILES string of the molecule is COc1cccc(CO[Si](C)(C)C(C)(C)C)c1[N+](=O)[O-]. The molecule has 0 saturated heterocycles. The Balaban J connectivity index is 3.02. The van der Waals surface area contributed by atoms with Crippen LogP contribution in [-0.2, 0) is 11.0 Å². The molecular weight excluding hydrogens is 274 g/mol. The van der Waals surface area contributed by atoms with Crippen LogP contribution in [0.2, 0.25) is 18.1 Å². The number of ether oxygens (including phenoxy) is 1. The molecule has 0 amide bonds. The molecule has 0 radical (unpaired) electrons. The van der Waals surface area contributed by atoms with E-state index in [1.807, 2.05) is 0 Å². The average Bonchev–Trinajstić information content (AvgIpc) is 2.34. The lowest BCUT2D eigenvalue weighted by Crippen LogP contribution is -2.40. The maximum atomic E-state index is 11.2. The van der Waals surface area contributed by atoms with Gasteiger partial charge < -0.3 is 9.16 Å². The highest BCUT2D eigenvalue weighted by Gasteiger charge is 2.37. The fourth-order valence-corrected chi connectivity index (χ4v) is 2.48. The average molecular weight is 297 g/mol. The monoisotopic (exact) mass is 297 g/mol. The highest BCUT2D eigenvalue weighted by atomic mass is 28.4. The van der Waals surface area contributed by atoms with Gasteiger partial charge in [-0.1, -0.05) is 26.8 Å². The maximum Gasteiger partial charge on any atom is 0.316 e. The third kappa shape index (κ3) is 3.58. The van der Waals surface area contributed by atoms with Crippen LogP contribution in [0.5, 0.6) is 5.75 Å². The van der Waals surface area contributed by atoms with Crippen molar-refractivity contribution in [2.45, 2.75) is 45.5 Å². The number of hydrogen-bond donors (Lipinski definition) is 0. The largest absolute Gasteiger partial charge is 0.490 e. The zero-order chi connectivity index (χ0) is 15.6. The highest BCUT2D eigenvalue weighted by Crippen LogP contribution is 2.38. The van der Waals surface area contributed by atoms with Gasteiger partial charge in [0.2, 0.25) is 0 Å². The van der Waals surface area contributed by atoms with E-state index in [4.69, 9.17) is 9.16 Å². The van der Waals surface area contributed by atoms with Crippen molar-refractivity contribution in [1.82, 2.24) is 0 Å². The van der Waals surface area contributed by atoms with Gasteiger partial charge in [0.25, 0.3) is 0 Å². The number of benzene rings is 1. The number of methoxy groups -OCH3 is 1. The number of nitro groups is 1. The number of nitrogens with zero attached hydrogens (tertiary/aromatic N) is 1. The van der Waals surface area contributed by atoms with E-state index in [0.717, 1.165) is 0 Å². The minimum absolute atomic E-state index is 0.00582. The second-order valence-electron chi connectivity index (χ2n) is 6.27. The standard InChI is InChI=1S/C14H23NO4Si/c1-14(2,3)20(5,6)19-10-11-8-7-9-12(18-4)13(11)15(16)17/h7-9H,10H2,1-6H3. The smallest absolute Gasteiger partial charge is 0.316 e. The van der Waals surface area contributed by atoms with Crippen molar-refractivity contribution in [2.75, 3.05) is 7.11 Å². The Bertz CT molecular complexity index is 494. The van der Waals surface area contributed by atoms with Gasteiger partial charge >= 0.3 is 5.69 Å². The molecule has 0 atom stereocenters. The van der Waals surface area contributed by atoms with Crippen LogP contribution in [0.4, 0.5) is 5.69 Å². The Morgan fingerprint density at radius 1 is 1.30 bits per heavy atom. The summed E-state index contributed by atoms with van der Waals surface area (Å²) in [5.74, 6) is 0.270. The van der Waals surface area contributed by atoms with Crippen molar-refractivity contribution < 1.29 is 14.1 Å². The van der Waals surface area contributed by atoms with Gasteiger partial charge in [-0.15, -0.1) is 0 Å². The van der Waals surface area contributed by atoms with E-state index >= 15 is 0 Å². The quantitative estimate of drug-likeness (QED) is 0.466. The van der Waals surface area contributed by atoms with Gasteiger partial charge in [0.05, 0.1) is 24.2 Å². The molecule has 0 heterocycles. The summed E-state index contributed by atoms with van der Waals surface area (Å²) in [6.45, 7) is 10.9. The molecule has 0 aliphatic rings. The summed E-state index contributed by atoms with van der Waals surface area (Å²) in [7, 11) is -0.505. The van der Waals surface area contributed by atoms with Gasteiger partial charge in [-0.3, -0.25) is 10.1 Å². The first kappa shape index (κ1) is 16.7. The summed E-state index contributed by atoms with van der Waals surface area (Å²) in [5.41, 5.74) is 0.549. The van der Waals surface area contributed by atoms with Crippen LogP contribution in [-0.4, -0.2) is 20.4 Å². The van der Waals surface area contributed by atoms with E-state index < -0.39 is 13.2 Å². The number of nitro benzene ring substituents is 1. The summed E-state index contributed by atoms with van der Waals surface area (Å²) in [4.78, 5) is 10.8. The lowest BCUT2D eigenvalue weighted by Gasteiger charge is -2.36. The van der Waals surface area contributed by atoms with Crippen LogP contribution in [0, 0.1) is 10.1 Å². The minimum Gasteiger partial charge on any atom is -0.490 e. The Morgan fingerprint density at radius 3 is 2.35 bits per heavy atom. The van der Waals surface area contributed by atoms with Crippen LogP contribution in [0.15, 0.2) is 18.2 Å². The lowest BCUT2D eigenvalue weighted by atomic mass is 10.2. The molecule has 1 aromatic rings. The Kier molecular flexibility index (Phi) is 4.93. The first-order valence-electron chi connectivity index (χ1n) is 6.54. The molecule has 0 aliphatic heterocycles. The number of para-hydroxylation sites is 1. The molecule has 0 bridgehead atoms. The van der Waals surface area contributed by atoms with Crippen molar-refractivity contribution >= 4 is 14.0 Å². The predicted octanol–water partition coefficient (Wildman–Crippen LogP) is 4.13. The summed E-state index contributed by atoms with van der Waals surface area (Å²) in [6.07, 6.45) is 0. The van der Waals surface area contributed by atoms with E-state index in [-0.39, 0.29) is 23.1 Å². The zero-order valence-corrected chi connectivity index (χ0v) is 14.0. The first-order valence-corrected chi connectivity index (χ1v) is 9.45. The third-order valence-electron chi connectivity index (χ3n) is 3.88. The van der Waals surface area contributed by atoms with Crippen LogP contribution < -0.4 is 4.74 Å². The van der Waals surface area contributed by atoms with E-state index in [1.165, 1.54) is 7.11 Å². The van der Waals surface area contributed by atoms with Gasteiger partial charge in [0.1, 0.15) is 0 Å². The maximum absolute atomic E-state index is 11.2. The molecule has 1 rings (SSSR count). The fourth-order valence-electron chi connectivity index (χ4n) is 1.53. The van der Waals surface area contributed by atoms with E-state index in [1.54, 1.807) is 18.2 Å². The predicted molar refractivity (Wildman–Crippen MR) is 81.6 cm³/mol. The zero-order valence-electron chi connectivity index (χ0n) is 13.0. The molecule has 0 aromatic heterocycles. The molecule has 0 N–H and O–H groups in total. The van der Waals surface area contributed by atoms with Crippen LogP contribution >= 0.6 is 0 Å². The number of rotatable bonds is 5. The summed E-state index contributed by atoms with van der Waals surface area (Å²) in [5, 5.41) is 11.3. The molecule has 5 nitrogen and oxygen atoms in total. The molecule has 1 aromatic carbocycles. The highest BCUT2D eigenvalue weighted by molar-refractivity contribution is 6.74. The molecule has 6 heteroatoms. The van der Waals surface area contributed by atoms with Crippen molar-refractivity contribution in [2.24, 2.45) is 0 Å². The van der Waals surface area contributed by atoms with Crippen molar-refractivity contribution in [3.05, 3.63) is 33.9 Å². The summed E-state index contributed by atoms with van der Waals surface area (Å²) < 4.78 is 11.1. The van der Waals surface area contributed by atoms with Crippen LogP contribution in [0.1, 0.15) is 26.3 Å². The second-order valence-corrected chi connectivity index (χ2v) is 11.1. The van der Waals surface area contributed by atoms with Crippen molar-refractivity contribution in [3.63, 3.8) is 0 Å². The van der Waals surface area contributed by atoms with Crippen LogP contribution in [0.25, 0.3) is 0 Å². The molecule has 0 saturated carbocycles. The molecule has 20 heavy (non-hydrogen) atoms. The Hall–Kier alpha value is -1.40. The van der Waals surface area contributed by atoms with Gasteiger partial charge in [0.15, 0.2) is 14.1 Å². The summed E-state index contributed by atoms with van der Waals surface area (Å²) >= 11 is 0. The molecule has 0 spiro atoms. The van der Waals surface area contributed by atoms with E-state index in [9.17, 15) is 10.1 Å². The minimum atomic E-state index is -1.94. The topological polar surface area (TPSA) is 61.6 Å². The van der Waals surface area contributed by atoms with E-state index in [2.05, 4.69) is 33.9 Å². The van der Waals surface area contributed by atoms with Gasteiger partial charge in [-0.2, -0.15) is 0 Å². The Morgan fingerprint density at radius 2 is 1.90 bits per heavy atom. The normalized spacial score (nSPS) is 12.3. The van der Waals surface area contributed by atoms with Crippen molar-refractivity contribution in [1.29, 1.82) is 0 Å². The van der Waals surface area contributed by atoms with Gasteiger partial charge in [0, 0.05) is 0 Å². The van der Waals surface area contributed by atoms with E-state index in [0.29, 0.717) is 5.56 Å². The molecule has 0 aliphatic carbocycles. The molecular formula is C14H23NO4Si. The number of hydrogen-bond acceptors (Lipinski definition) is 4. The van der Waals surface area contributed by atoms with Crippen molar-refractivity contribution in [3.8, 4) is 5.75 Å². The van der Waals surface area contributed by atoms with Gasteiger partial charge in [-0.25, -0.2) is 0 Å². The third-order valence-corrected chi connectivity index (χ3v) is 8.36. The first-order chi connectivity index (χ1) is 9.10. The van der Waals surface area contributed by atoms with Crippen LogP contribution in [0.3, 0.4) is 0 Å². The second kappa shape index (κ2) is 5.93. The molecule has 0 fully saturated rings. The lowest BCUT2D eigenvalue weighted by molar-refractivity contribution is -0.386. The molecule has 0 unspecified atom stereocenters. The van der Waals surface area contributed by atoms with Gasteiger partial charge in [-0.05, 0) is 30.3 Å². The Labute approximate surface area is 121 Å². The fraction of sp³-hybridized carbons (Fsp3) is 0.571.